The zero-order valence-corrected chi connectivity index (χ0v) is 24.2. The molecule has 5 aliphatic rings. The Bertz CT molecular complexity index is 965. The molecule has 2 unspecified atom stereocenters. The van der Waals surface area contributed by atoms with E-state index in [0.717, 1.165) is 44.9 Å². The summed E-state index contributed by atoms with van der Waals surface area (Å²) in [5, 5.41) is 0. The first-order valence-electron chi connectivity index (χ1n) is 14.7. The van der Waals surface area contributed by atoms with Crippen LogP contribution in [0.2, 0.25) is 0 Å². The smallest absolute Gasteiger partial charge is 0.312 e. The minimum atomic E-state index is -0.327. The van der Waals surface area contributed by atoms with Gasteiger partial charge in [0.25, 0.3) is 0 Å². The Labute approximate surface area is 219 Å². The molecular formula is C32H50O4. The maximum atomic E-state index is 13.3. The molecule has 0 saturated heterocycles. The third kappa shape index (κ3) is 3.24. The Morgan fingerprint density at radius 3 is 2.31 bits per heavy atom. The van der Waals surface area contributed by atoms with Crippen molar-refractivity contribution in [2.75, 3.05) is 7.11 Å². The number of methoxy groups -OCH3 is 1. The van der Waals surface area contributed by atoms with Crippen LogP contribution in [0.3, 0.4) is 0 Å². The minimum Gasteiger partial charge on any atom is -0.469 e. The van der Waals surface area contributed by atoms with Crippen LogP contribution in [-0.4, -0.2) is 25.2 Å². The molecule has 0 heterocycles. The van der Waals surface area contributed by atoms with Crippen LogP contribution < -0.4 is 0 Å². The topological polar surface area (TPSA) is 52.6 Å². The van der Waals surface area contributed by atoms with Crippen molar-refractivity contribution in [3.63, 3.8) is 0 Å². The van der Waals surface area contributed by atoms with E-state index in [1.54, 1.807) is 19.6 Å². The van der Waals surface area contributed by atoms with Crippen molar-refractivity contribution in [2.24, 2.45) is 50.7 Å². The summed E-state index contributed by atoms with van der Waals surface area (Å²) in [6, 6.07) is 0. The Balaban J connectivity index is 1.55. The summed E-state index contributed by atoms with van der Waals surface area (Å²) in [7, 11) is 1.59. The number of fused-ring (bicyclic) bond motifs is 7. The largest absolute Gasteiger partial charge is 0.469 e. The molecule has 0 amide bonds. The van der Waals surface area contributed by atoms with Gasteiger partial charge in [-0.15, -0.1) is 0 Å². The fourth-order valence-corrected chi connectivity index (χ4v) is 11.3. The van der Waals surface area contributed by atoms with Gasteiger partial charge in [-0.3, -0.25) is 9.59 Å². The minimum absolute atomic E-state index is 0.0150. The van der Waals surface area contributed by atoms with Crippen LogP contribution >= 0.6 is 0 Å². The number of allylic oxidation sites excluding steroid dienone is 2. The summed E-state index contributed by atoms with van der Waals surface area (Å²) < 4.78 is 11.4. The van der Waals surface area contributed by atoms with Crippen molar-refractivity contribution in [2.45, 2.75) is 119 Å². The average Bonchev–Trinajstić information content (AvgIpc) is 2.80. The van der Waals surface area contributed by atoms with Crippen LogP contribution in [0.5, 0.6) is 0 Å². The molecule has 0 aliphatic heterocycles. The standard InChI is InChI=1S/C32H50O4/c1-20-10-9-15-32(27(34)35-8)19-18-30(6)22(26(20)32)11-12-24-29(5)16-14-25(36-21(2)33)28(3,4)23(29)13-17-31(24,30)7/h11,20,23-26H,9-10,12-19H2,1-8H3/t20-,23?,24?,25-,26-,29-,30+,31+,32-/m0/s1. The van der Waals surface area contributed by atoms with Crippen LogP contribution in [0.25, 0.3) is 0 Å². The van der Waals surface area contributed by atoms with Gasteiger partial charge in [-0.05, 0) is 91.3 Å². The predicted molar refractivity (Wildman–Crippen MR) is 142 cm³/mol. The Morgan fingerprint density at radius 2 is 1.64 bits per heavy atom. The summed E-state index contributed by atoms with van der Waals surface area (Å²) in [5.74, 6) is 1.89. The van der Waals surface area contributed by atoms with Crippen LogP contribution in [0.15, 0.2) is 11.6 Å². The van der Waals surface area contributed by atoms with Crippen molar-refractivity contribution in [3.8, 4) is 0 Å². The molecule has 0 radical (unpaired) electrons. The molecule has 0 aromatic rings. The Morgan fingerprint density at radius 1 is 0.917 bits per heavy atom. The van der Waals surface area contributed by atoms with Gasteiger partial charge < -0.3 is 9.47 Å². The molecule has 36 heavy (non-hydrogen) atoms. The van der Waals surface area contributed by atoms with E-state index >= 15 is 0 Å². The van der Waals surface area contributed by atoms with Crippen molar-refractivity contribution < 1.29 is 19.1 Å². The van der Waals surface area contributed by atoms with Crippen molar-refractivity contribution in [3.05, 3.63) is 11.6 Å². The molecule has 202 valence electrons. The normalized spacial score (nSPS) is 49.3. The van der Waals surface area contributed by atoms with Crippen LogP contribution in [-0.2, 0) is 19.1 Å². The summed E-state index contributed by atoms with van der Waals surface area (Å²) in [6.07, 6.45) is 13.6. The van der Waals surface area contributed by atoms with E-state index < -0.39 is 0 Å². The lowest BCUT2D eigenvalue weighted by atomic mass is 9.33. The number of hydrogen-bond acceptors (Lipinski definition) is 4. The Hall–Kier alpha value is -1.32. The molecule has 0 aromatic carbocycles. The molecule has 0 bridgehead atoms. The highest BCUT2D eigenvalue weighted by Crippen LogP contribution is 2.75. The molecule has 4 heteroatoms. The number of esters is 2. The third-order valence-corrected chi connectivity index (χ3v) is 13.2. The first kappa shape index (κ1) is 26.3. The molecule has 4 fully saturated rings. The summed E-state index contributed by atoms with van der Waals surface area (Å²) >= 11 is 0. The zero-order valence-electron chi connectivity index (χ0n) is 24.2. The molecule has 5 aliphatic carbocycles. The summed E-state index contributed by atoms with van der Waals surface area (Å²) in [6.45, 7) is 16.4. The molecule has 0 spiro atoms. The number of carbonyl (C=O) groups is 2. The Kier molecular flexibility index (Phi) is 6.09. The number of rotatable bonds is 2. The number of carbonyl (C=O) groups excluding carboxylic acids is 2. The first-order valence-corrected chi connectivity index (χ1v) is 14.7. The average molecular weight is 499 g/mol. The number of hydrogen-bond donors (Lipinski definition) is 0. The lowest BCUT2D eigenvalue weighted by Crippen LogP contribution is -2.65. The molecule has 0 aromatic heterocycles. The molecule has 0 N–H and O–H groups in total. The first-order chi connectivity index (χ1) is 16.8. The maximum absolute atomic E-state index is 13.3. The van der Waals surface area contributed by atoms with Crippen LogP contribution in [0, 0.1) is 50.7 Å². The second kappa shape index (κ2) is 8.34. The van der Waals surface area contributed by atoms with E-state index in [9.17, 15) is 9.59 Å². The monoisotopic (exact) mass is 498 g/mol. The van der Waals surface area contributed by atoms with Gasteiger partial charge in [0.15, 0.2) is 0 Å². The van der Waals surface area contributed by atoms with Gasteiger partial charge >= 0.3 is 11.9 Å². The van der Waals surface area contributed by atoms with Gasteiger partial charge in [-0.2, -0.15) is 0 Å². The van der Waals surface area contributed by atoms with Gasteiger partial charge in [0.05, 0.1) is 12.5 Å². The van der Waals surface area contributed by atoms with Crippen LogP contribution in [0.1, 0.15) is 113 Å². The maximum Gasteiger partial charge on any atom is 0.312 e. The highest BCUT2D eigenvalue weighted by atomic mass is 16.5. The van der Waals surface area contributed by atoms with Gasteiger partial charge in [0.1, 0.15) is 6.10 Å². The highest BCUT2D eigenvalue weighted by molar-refractivity contribution is 5.78. The molecule has 4 nitrogen and oxygen atoms in total. The fourth-order valence-electron chi connectivity index (χ4n) is 11.3. The number of ether oxygens (including phenoxy) is 2. The lowest BCUT2D eigenvalue weighted by Gasteiger charge is -2.71. The van der Waals surface area contributed by atoms with E-state index in [1.165, 1.54) is 19.3 Å². The van der Waals surface area contributed by atoms with E-state index in [-0.39, 0.29) is 45.1 Å². The van der Waals surface area contributed by atoms with Crippen molar-refractivity contribution in [1.82, 2.24) is 0 Å². The highest BCUT2D eigenvalue weighted by Gasteiger charge is 2.69. The molecule has 9 atom stereocenters. The lowest BCUT2D eigenvalue weighted by molar-refractivity contribution is -0.213. The van der Waals surface area contributed by atoms with E-state index in [2.05, 4.69) is 47.6 Å². The fraction of sp³-hybridized carbons (Fsp3) is 0.875. The SMILES string of the molecule is COC(=O)[C@]12CCC[C@H](C)[C@H]1C1=CCC3[C@@]4(C)CC[C@H](OC(C)=O)C(C)(C)C4CC[C@@]3(C)[C@]1(C)CC2. The van der Waals surface area contributed by atoms with Gasteiger partial charge in [-0.1, -0.05) is 66.0 Å². The van der Waals surface area contributed by atoms with Crippen molar-refractivity contribution in [1.29, 1.82) is 0 Å². The van der Waals surface area contributed by atoms with E-state index in [4.69, 9.17) is 9.47 Å². The van der Waals surface area contributed by atoms with Crippen LogP contribution in [0.4, 0.5) is 0 Å². The summed E-state index contributed by atoms with van der Waals surface area (Å²) in [5.41, 5.74) is 1.81. The summed E-state index contributed by atoms with van der Waals surface area (Å²) in [4.78, 5) is 25.2. The van der Waals surface area contributed by atoms with Crippen molar-refractivity contribution >= 4 is 11.9 Å². The quantitative estimate of drug-likeness (QED) is 0.292. The second-order valence-electron chi connectivity index (χ2n) is 14.7. The van der Waals surface area contributed by atoms with E-state index in [1.807, 2.05) is 0 Å². The van der Waals surface area contributed by atoms with Gasteiger partial charge in [0, 0.05) is 12.3 Å². The zero-order chi connectivity index (χ0) is 26.3. The van der Waals surface area contributed by atoms with Gasteiger partial charge in [-0.25, -0.2) is 0 Å². The molecular weight excluding hydrogens is 448 g/mol. The second-order valence-corrected chi connectivity index (χ2v) is 14.7. The molecule has 5 rings (SSSR count). The van der Waals surface area contributed by atoms with E-state index in [0.29, 0.717) is 23.7 Å². The predicted octanol–water partition coefficient (Wildman–Crippen LogP) is 7.50. The molecule has 4 saturated carbocycles. The third-order valence-electron chi connectivity index (χ3n) is 13.2. The van der Waals surface area contributed by atoms with Gasteiger partial charge in [0.2, 0.25) is 0 Å².